The van der Waals surface area contributed by atoms with Gasteiger partial charge in [-0.2, -0.15) is 0 Å². The summed E-state index contributed by atoms with van der Waals surface area (Å²) in [5, 5.41) is 0. The van der Waals surface area contributed by atoms with Crippen molar-refractivity contribution >= 4 is 8.42 Å². The molecular formula is C38H55N4Ru. The van der Waals surface area contributed by atoms with Gasteiger partial charge in [-0.25, -0.2) is 0 Å². The summed E-state index contributed by atoms with van der Waals surface area (Å²) in [4.78, 5) is 0. The SMILES string of the molecule is C=[C]=[Ru]([c]1ccccc1)(=[c]1n(C2CCCCC2)ccn1C1CCCCC1)=[c]1n(C2CCCCC2)ccn1C1CCCCC1. The Kier molecular flexibility index (Phi) is 9.30. The Morgan fingerprint density at radius 2 is 0.767 bits per heavy atom. The van der Waals surface area contributed by atoms with Crippen LogP contribution in [0.1, 0.15) is 153 Å². The van der Waals surface area contributed by atoms with Crippen molar-refractivity contribution in [2.75, 3.05) is 0 Å². The van der Waals surface area contributed by atoms with Gasteiger partial charge in [0.2, 0.25) is 0 Å². The summed E-state index contributed by atoms with van der Waals surface area (Å²) in [6.07, 6.45) is 36.9. The van der Waals surface area contributed by atoms with Gasteiger partial charge in [0, 0.05) is 0 Å². The topological polar surface area (TPSA) is 19.7 Å². The van der Waals surface area contributed by atoms with Crippen molar-refractivity contribution in [3.8, 4) is 0 Å². The second-order valence-corrected chi connectivity index (χ2v) is 19.6. The Morgan fingerprint density at radius 3 is 1.05 bits per heavy atom. The molecule has 43 heavy (non-hydrogen) atoms. The van der Waals surface area contributed by atoms with E-state index < -0.39 is 13.4 Å². The van der Waals surface area contributed by atoms with Crippen LogP contribution in [0.5, 0.6) is 0 Å². The predicted molar refractivity (Wildman–Crippen MR) is 177 cm³/mol. The molecule has 4 fully saturated rings. The molecule has 0 unspecified atom stereocenters. The van der Waals surface area contributed by atoms with E-state index in [1.54, 1.807) is 8.03 Å². The van der Waals surface area contributed by atoms with E-state index in [0.717, 1.165) is 0 Å². The molecule has 0 amide bonds. The molecule has 7 rings (SSSR count). The van der Waals surface area contributed by atoms with Gasteiger partial charge >= 0.3 is 262 Å². The van der Waals surface area contributed by atoms with Gasteiger partial charge in [0.15, 0.2) is 0 Å². The molecule has 4 saturated carbocycles. The minimum atomic E-state index is -3.32. The molecule has 4 aliphatic carbocycles. The van der Waals surface area contributed by atoms with Crippen LogP contribution < -0.4 is 4.16 Å². The van der Waals surface area contributed by atoms with E-state index in [0.29, 0.717) is 24.2 Å². The number of nitrogens with zero attached hydrogens (tertiary/aromatic N) is 4. The fourth-order valence-corrected chi connectivity index (χ4v) is 16.7. The number of rotatable bonds is 5. The van der Waals surface area contributed by atoms with Crippen molar-refractivity contribution in [2.45, 2.75) is 153 Å². The van der Waals surface area contributed by atoms with Crippen molar-refractivity contribution in [3.63, 3.8) is 0 Å². The number of hydrogen-bond donors (Lipinski definition) is 0. The van der Waals surface area contributed by atoms with E-state index in [4.69, 9.17) is 6.58 Å². The van der Waals surface area contributed by atoms with Gasteiger partial charge in [-0.15, -0.1) is 0 Å². The number of benzene rings is 1. The van der Waals surface area contributed by atoms with Crippen LogP contribution in [-0.4, -0.2) is 22.5 Å². The van der Waals surface area contributed by atoms with Crippen molar-refractivity contribution in [2.24, 2.45) is 0 Å². The summed E-state index contributed by atoms with van der Waals surface area (Å²) in [7, 11) is 0. The maximum absolute atomic E-state index is 4.76. The van der Waals surface area contributed by atoms with E-state index in [1.165, 1.54) is 133 Å². The predicted octanol–water partition coefficient (Wildman–Crippen LogP) is 9.74. The number of hydrogen-bond acceptors (Lipinski definition) is 0. The first-order valence-electron chi connectivity index (χ1n) is 17.9. The Morgan fingerprint density at radius 1 is 0.465 bits per heavy atom. The van der Waals surface area contributed by atoms with Crippen molar-refractivity contribution in [1.29, 1.82) is 0 Å². The Labute approximate surface area is 261 Å². The van der Waals surface area contributed by atoms with E-state index in [9.17, 15) is 0 Å². The Bertz CT molecular complexity index is 1490. The van der Waals surface area contributed by atoms with Crippen LogP contribution in [0.3, 0.4) is 0 Å². The van der Waals surface area contributed by atoms with Gasteiger partial charge in [-0.3, -0.25) is 0 Å². The van der Waals surface area contributed by atoms with Gasteiger partial charge in [-0.1, -0.05) is 0 Å². The first-order valence-corrected chi connectivity index (χ1v) is 21.3. The molecular weight excluding hydrogens is 614 g/mol. The molecule has 0 spiro atoms. The molecule has 2 heterocycles. The molecule has 235 valence electrons. The molecule has 0 atom stereocenters. The van der Waals surface area contributed by atoms with E-state index in [1.807, 2.05) is 0 Å². The van der Waals surface area contributed by atoms with E-state index in [-0.39, 0.29) is 0 Å². The third-order valence-corrected chi connectivity index (χ3v) is 18.3. The molecule has 0 aliphatic heterocycles. The van der Waals surface area contributed by atoms with Crippen LogP contribution >= 0.6 is 0 Å². The first-order chi connectivity index (χ1) is 21.3. The first kappa shape index (κ1) is 29.6. The van der Waals surface area contributed by atoms with Gasteiger partial charge in [-0.05, 0) is 0 Å². The Hall–Kier alpha value is -2.09. The molecule has 2 aromatic heterocycles. The van der Waals surface area contributed by atoms with Crippen molar-refractivity contribution in [1.82, 2.24) is 18.3 Å². The zero-order valence-corrected chi connectivity index (χ0v) is 28.2. The van der Waals surface area contributed by atoms with Gasteiger partial charge in [0.1, 0.15) is 0 Å². The molecule has 5 heteroatoms. The number of imidazole rings is 2. The monoisotopic (exact) mass is 669 g/mol. The average molecular weight is 669 g/mol. The molecule has 3 aromatic rings. The summed E-state index contributed by atoms with van der Waals surface area (Å²) in [5.41, 5.74) is 0. The average Bonchev–Trinajstić information content (AvgIpc) is 3.74. The molecule has 4 aliphatic rings. The standard InChI is InChI=1S/2C15H24N2.C6H5.C2H2.Ru/c2*1-3-7-14(8-4-1)16-11-12-17(13-16)15-9-5-2-6-10-15;1-2-4-6-5-3-1;1-2;/h2*11-12,14-15H,1-10H2;1-5H;1H2;. The third-order valence-electron chi connectivity index (χ3n) is 11.2. The molecule has 0 N–H and O–H groups in total. The normalized spacial score (nSPS) is 22.0. The second-order valence-electron chi connectivity index (χ2n) is 13.8. The molecule has 0 radical (unpaired) electrons. The zero-order chi connectivity index (χ0) is 29.1. The van der Waals surface area contributed by atoms with E-state index >= 15 is 0 Å². The second kappa shape index (κ2) is 13.5. The zero-order valence-electron chi connectivity index (χ0n) is 26.5. The minimum absolute atomic E-state index is 0.590. The van der Waals surface area contributed by atoms with Crippen LogP contribution in [0.25, 0.3) is 0 Å². The summed E-state index contributed by atoms with van der Waals surface area (Å²) in [5.74, 6) is 0. The van der Waals surface area contributed by atoms with Crippen LogP contribution in [0, 0.1) is 8.03 Å². The molecule has 4 nitrogen and oxygen atoms in total. The fourth-order valence-electron chi connectivity index (χ4n) is 8.87. The summed E-state index contributed by atoms with van der Waals surface area (Å²) < 4.78 is 20.0. The summed E-state index contributed by atoms with van der Waals surface area (Å²) in [6, 6.07) is 14.1. The van der Waals surface area contributed by atoms with E-state index in [2.05, 4.69) is 77.7 Å². The third kappa shape index (κ3) is 5.63. The van der Waals surface area contributed by atoms with Crippen LogP contribution in [0.15, 0.2) is 61.7 Å². The van der Waals surface area contributed by atoms with Crippen LogP contribution in [0.4, 0.5) is 0 Å². The Balaban J connectivity index is 1.72. The fraction of sp³-hybridized carbons (Fsp3) is 0.632. The van der Waals surface area contributed by atoms with Crippen molar-refractivity contribution < 1.29 is 13.4 Å². The van der Waals surface area contributed by atoms with Gasteiger partial charge in [0.25, 0.3) is 0 Å². The maximum atomic E-state index is 4.76. The molecule has 1 aromatic carbocycles. The van der Waals surface area contributed by atoms with Crippen LogP contribution in [0.2, 0.25) is 0 Å². The van der Waals surface area contributed by atoms with Crippen LogP contribution in [-0.2, 0) is 13.4 Å². The summed E-state index contributed by atoms with van der Waals surface area (Å²) in [6.45, 7) is 4.76. The summed E-state index contributed by atoms with van der Waals surface area (Å²) >= 11 is -3.32. The van der Waals surface area contributed by atoms with Gasteiger partial charge in [0.05, 0.1) is 0 Å². The van der Waals surface area contributed by atoms with Gasteiger partial charge < -0.3 is 0 Å². The molecule has 0 bridgehead atoms. The number of aromatic nitrogens is 4. The quantitative estimate of drug-likeness (QED) is 0.241. The molecule has 0 saturated heterocycles. The van der Waals surface area contributed by atoms with Crippen molar-refractivity contribution in [3.05, 3.63) is 69.7 Å².